The smallest absolute Gasteiger partial charge is 0.0152 e. The van der Waals surface area contributed by atoms with E-state index >= 15 is 0 Å². The molecule has 1 rings (SSSR count). The van der Waals surface area contributed by atoms with E-state index in [1.807, 2.05) is 0 Å². The van der Waals surface area contributed by atoms with Gasteiger partial charge in [0.25, 0.3) is 0 Å². The Hall–Kier alpha value is 0.180. The molecular formula is C5H6S2. The van der Waals surface area contributed by atoms with E-state index in [-0.39, 0.29) is 0 Å². The van der Waals surface area contributed by atoms with Crippen LogP contribution in [0.3, 0.4) is 0 Å². The van der Waals surface area contributed by atoms with Crippen LogP contribution in [0.5, 0.6) is 0 Å². The third kappa shape index (κ3) is 2.09. The highest BCUT2D eigenvalue weighted by Crippen LogP contribution is 2.25. The molecule has 1 heterocycles. The van der Waals surface area contributed by atoms with Gasteiger partial charge >= 0.3 is 0 Å². The molecule has 0 N–H and O–H groups in total. The Labute approximate surface area is 51.5 Å². The molecule has 1 aliphatic rings. The van der Waals surface area contributed by atoms with E-state index in [4.69, 9.17) is 0 Å². The highest BCUT2D eigenvalue weighted by Gasteiger charge is 1.80. The molecule has 0 aromatic heterocycles. The quantitative estimate of drug-likeness (QED) is 0.462. The van der Waals surface area contributed by atoms with E-state index < -0.39 is 0 Å². The van der Waals surface area contributed by atoms with E-state index in [2.05, 4.69) is 23.0 Å². The minimum absolute atomic E-state index is 1.10. The summed E-state index contributed by atoms with van der Waals surface area (Å²) < 4.78 is 0. The van der Waals surface area contributed by atoms with Gasteiger partial charge in [-0.3, -0.25) is 0 Å². The minimum atomic E-state index is 1.10. The SMILES string of the molecule is C1=CSSC=CC1. The van der Waals surface area contributed by atoms with Crippen LogP contribution in [0.15, 0.2) is 23.0 Å². The number of allylic oxidation sites excluding steroid dienone is 2. The molecular weight excluding hydrogens is 124 g/mol. The van der Waals surface area contributed by atoms with Crippen molar-refractivity contribution in [3.8, 4) is 0 Å². The first-order valence-electron chi connectivity index (χ1n) is 2.12. The second-order valence-corrected chi connectivity index (χ2v) is 3.26. The number of hydrogen-bond acceptors (Lipinski definition) is 2. The van der Waals surface area contributed by atoms with Crippen LogP contribution < -0.4 is 0 Å². The lowest BCUT2D eigenvalue weighted by atomic mass is 10.4. The van der Waals surface area contributed by atoms with Crippen molar-refractivity contribution >= 4 is 21.6 Å². The Balaban J connectivity index is 2.38. The summed E-state index contributed by atoms with van der Waals surface area (Å²) in [5.41, 5.74) is 0. The summed E-state index contributed by atoms with van der Waals surface area (Å²) in [5.74, 6) is 0. The molecule has 0 aromatic carbocycles. The fraction of sp³-hybridized carbons (Fsp3) is 0.200. The van der Waals surface area contributed by atoms with E-state index in [0.29, 0.717) is 0 Å². The van der Waals surface area contributed by atoms with Crippen molar-refractivity contribution in [2.24, 2.45) is 0 Å². The molecule has 0 nitrogen and oxygen atoms in total. The molecule has 38 valence electrons. The molecule has 0 amide bonds. The van der Waals surface area contributed by atoms with Gasteiger partial charge in [-0.05, 0) is 17.2 Å². The third-order valence-electron chi connectivity index (χ3n) is 0.631. The topological polar surface area (TPSA) is 0 Å². The maximum atomic E-state index is 2.15. The van der Waals surface area contributed by atoms with Crippen LogP contribution in [0.1, 0.15) is 6.42 Å². The maximum absolute atomic E-state index is 2.15. The fourth-order valence-corrected chi connectivity index (χ4v) is 1.70. The molecule has 0 aromatic rings. The van der Waals surface area contributed by atoms with Crippen molar-refractivity contribution in [3.05, 3.63) is 23.0 Å². The van der Waals surface area contributed by atoms with Gasteiger partial charge in [-0.25, -0.2) is 0 Å². The average molecular weight is 130 g/mol. The molecule has 2 heteroatoms. The van der Waals surface area contributed by atoms with E-state index in [9.17, 15) is 0 Å². The van der Waals surface area contributed by atoms with Crippen LogP contribution in [0.2, 0.25) is 0 Å². The Morgan fingerprint density at radius 1 is 1.00 bits per heavy atom. The monoisotopic (exact) mass is 130 g/mol. The number of hydrogen-bond donors (Lipinski definition) is 0. The van der Waals surface area contributed by atoms with Crippen LogP contribution in [-0.4, -0.2) is 0 Å². The Kier molecular flexibility index (Phi) is 2.44. The summed E-state index contributed by atoms with van der Waals surface area (Å²) in [6.07, 6.45) is 5.41. The second-order valence-electron chi connectivity index (χ2n) is 1.17. The van der Waals surface area contributed by atoms with Gasteiger partial charge in [0.05, 0.1) is 0 Å². The lowest BCUT2D eigenvalue weighted by Crippen LogP contribution is -1.47. The lowest BCUT2D eigenvalue weighted by molar-refractivity contribution is 1.42. The molecule has 0 saturated carbocycles. The van der Waals surface area contributed by atoms with Crippen LogP contribution in [0.4, 0.5) is 0 Å². The van der Waals surface area contributed by atoms with E-state index in [0.717, 1.165) is 6.42 Å². The largest absolute Gasteiger partial charge is 0.0735 e. The summed E-state index contributed by atoms with van der Waals surface area (Å²) in [5, 5.41) is 4.23. The fourth-order valence-electron chi connectivity index (χ4n) is 0.332. The summed E-state index contributed by atoms with van der Waals surface area (Å²) in [6, 6.07) is 0. The van der Waals surface area contributed by atoms with Crippen LogP contribution in [0, 0.1) is 0 Å². The first-order valence-corrected chi connectivity index (χ1v) is 4.40. The van der Waals surface area contributed by atoms with Crippen molar-refractivity contribution in [2.45, 2.75) is 6.42 Å². The molecule has 0 unspecified atom stereocenters. The van der Waals surface area contributed by atoms with Gasteiger partial charge in [-0.1, -0.05) is 33.7 Å². The lowest BCUT2D eigenvalue weighted by Gasteiger charge is -1.76. The van der Waals surface area contributed by atoms with Gasteiger partial charge in [0, 0.05) is 0 Å². The molecule has 0 radical (unpaired) electrons. The summed E-state index contributed by atoms with van der Waals surface area (Å²) in [4.78, 5) is 0. The molecule has 0 fully saturated rings. The second kappa shape index (κ2) is 3.22. The molecule has 0 spiro atoms. The highest BCUT2D eigenvalue weighted by molar-refractivity contribution is 8.78. The van der Waals surface area contributed by atoms with Crippen molar-refractivity contribution < 1.29 is 0 Å². The predicted octanol–water partition coefficient (Wildman–Crippen LogP) is 2.80. The summed E-state index contributed by atoms with van der Waals surface area (Å²) >= 11 is 0. The third-order valence-corrected chi connectivity index (χ3v) is 2.35. The molecule has 0 bridgehead atoms. The average Bonchev–Trinajstić information content (AvgIpc) is 1.90. The van der Waals surface area contributed by atoms with Gasteiger partial charge in [0.15, 0.2) is 0 Å². The van der Waals surface area contributed by atoms with Crippen LogP contribution in [0.25, 0.3) is 0 Å². The molecule has 0 atom stereocenters. The van der Waals surface area contributed by atoms with Gasteiger partial charge < -0.3 is 0 Å². The molecule has 7 heavy (non-hydrogen) atoms. The Morgan fingerprint density at radius 3 is 2.14 bits per heavy atom. The normalized spacial score (nSPS) is 19.4. The van der Waals surface area contributed by atoms with E-state index in [1.54, 1.807) is 21.6 Å². The van der Waals surface area contributed by atoms with Gasteiger partial charge in [0.2, 0.25) is 0 Å². The van der Waals surface area contributed by atoms with Gasteiger partial charge in [-0.2, -0.15) is 0 Å². The zero-order valence-corrected chi connectivity index (χ0v) is 5.47. The zero-order valence-electron chi connectivity index (χ0n) is 3.83. The first-order chi connectivity index (χ1) is 3.50. The van der Waals surface area contributed by atoms with Crippen molar-refractivity contribution in [1.82, 2.24) is 0 Å². The standard InChI is InChI=1S/C5H6S2/c1-2-4-6-7-5-3-1/h2-5H,1H2. The maximum Gasteiger partial charge on any atom is -0.0152 e. The van der Waals surface area contributed by atoms with Gasteiger partial charge in [-0.15, -0.1) is 0 Å². The van der Waals surface area contributed by atoms with Crippen molar-refractivity contribution in [1.29, 1.82) is 0 Å². The predicted molar refractivity (Wildman–Crippen MR) is 38.1 cm³/mol. The zero-order chi connectivity index (χ0) is 4.95. The molecule has 0 saturated heterocycles. The van der Waals surface area contributed by atoms with Crippen molar-refractivity contribution in [2.75, 3.05) is 0 Å². The Morgan fingerprint density at radius 2 is 1.57 bits per heavy atom. The molecule has 0 aliphatic carbocycles. The van der Waals surface area contributed by atoms with Crippen LogP contribution in [-0.2, 0) is 0 Å². The number of rotatable bonds is 0. The Bertz CT molecular complexity index is 82.3. The van der Waals surface area contributed by atoms with Crippen molar-refractivity contribution in [3.63, 3.8) is 0 Å². The minimum Gasteiger partial charge on any atom is -0.0735 e. The van der Waals surface area contributed by atoms with Gasteiger partial charge in [0.1, 0.15) is 0 Å². The highest BCUT2D eigenvalue weighted by atomic mass is 33.1. The summed E-state index contributed by atoms with van der Waals surface area (Å²) in [6.45, 7) is 0. The summed E-state index contributed by atoms with van der Waals surface area (Å²) in [7, 11) is 3.53. The van der Waals surface area contributed by atoms with E-state index in [1.165, 1.54) is 0 Å². The van der Waals surface area contributed by atoms with Crippen LogP contribution >= 0.6 is 21.6 Å². The first kappa shape index (κ1) is 5.32. The molecule has 1 aliphatic heterocycles.